The van der Waals surface area contributed by atoms with E-state index in [1.807, 2.05) is 0 Å². The van der Waals surface area contributed by atoms with E-state index in [9.17, 15) is 0 Å². The lowest BCUT2D eigenvalue weighted by atomic mass is 10.1. The molecule has 17 heavy (non-hydrogen) atoms. The van der Waals surface area contributed by atoms with Crippen LogP contribution in [0.5, 0.6) is 0 Å². The maximum atomic E-state index is 5.66. The normalized spacial score (nSPS) is 19.9. The van der Waals surface area contributed by atoms with Crippen molar-refractivity contribution in [1.29, 1.82) is 0 Å². The Kier molecular flexibility index (Phi) is 4.42. The first-order valence-electron chi connectivity index (χ1n) is 5.97. The van der Waals surface area contributed by atoms with Crippen molar-refractivity contribution in [1.82, 2.24) is 0 Å². The number of ether oxygens (including phenoxy) is 1. The molecule has 1 saturated heterocycles. The van der Waals surface area contributed by atoms with Crippen LogP contribution < -0.4 is 10.6 Å². The van der Waals surface area contributed by atoms with Crippen LogP contribution in [0.15, 0.2) is 22.7 Å². The number of halogens is 1. The van der Waals surface area contributed by atoms with E-state index in [-0.39, 0.29) is 0 Å². The molecular formula is C13H19BrN2O. The van der Waals surface area contributed by atoms with Gasteiger partial charge < -0.3 is 15.4 Å². The van der Waals surface area contributed by atoms with Gasteiger partial charge >= 0.3 is 0 Å². The van der Waals surface area contributed by atoms with Crippen LogP contribution in [0.25, 0.3) is 0 Å². The van der Waals surface area contributed by atoms with Gasteiger partial charge in [-0.1, -0.05) is 22.0 Å². The third kappa shape index (κ3) is 3.00. The van der Waals surface area contributed by atoms with Gasteiger partial charge in [-0.2, -0.15) is 0 Å². The van der Waals surface area contributed by atoms with Gasteiger partial charge in [0.1, 0.15) is 0 Å². The van der Waals surface area contributed by atoms with Gasteiger partial charge in [-0.15, -0.1) is 0 Å². The molecule has 0 aromatic heterocycles. The van der Waals surface area contributed by atoms with Crippen molar-refractivity contribution in [2.45, 2.75) is 13.0 Å². The van der Waals surface area contributed by atoms with Crippen molar-refractivity contribution >= 4 is 21.6 Å². The summed E-state index contributed by atoms with van der Waals surface area (Å²) in [6, 6.07) is 6.42. The summed E-state index contributed by atoms with van der Waals surface area (Å²) in [6.07, 6.45) is 1.21. The molecule has 0 radical (unpaired) electrons. The number of nitrogens with two attached hydrogens (primary N) is 1. The average molecular weight is 299 g/mol. The highest BCUT2D eigenvalue weighted by atomic mass is 79.9. The molecule has 3 nitrogen and oxygen atoms in total. The quantitative estimate of drug-likeness (QED) is 0.927. The van der Waals surface area contributed by atoms with Gasteiger partial charge in [0.15, 0.2) is 0 Å². The minimum absolute atomic E-state index is 0.577. The van der Waals surface area contributed by atoms with Crippen molar-refractivity contribution in [2.75, 3.05) is 31.7 Å². The Balaban J connectivity index is 2.06. The maximum absolute atomic E-state index is 5.66. The fraction of sp³-hybridized carbons (Fsp3) is 0.538. The van der Waals surface area contributed by atoms with Gasteiger partial charge in [0, 0.05) is 42.8 Å². The molecule has 0 spiro atoms. The minimum atomic E-state index is 0.577. The second-order valence-electron chi connectivity index (χ2n) is 4.54. The molecule has 1 aliphatic heterocycles. The average Bonchev–Trinajstić information content (AvgIpc) is 2.78. The molecule has 1 unspecified atom stereocenters. The van der Waals surface area contributed by atoms with E-state index in [0.29, 0.717) is 12.5 Å². The van der Waals surface area contributed by atoms with Crippen LogP contribution in [0.4, 0.5) is 5.69 Å². The van der Waals surface area contributed by atoms with Crippen molar-refractivity contribution in [3.05, 3.63) is 28.2 Å². The van der Waals surface area contributed by atoms with E-state index in [0.717, 1.165) is 29.7 Å². The van der Waals surface area contributed by atoms with E-state index in [2.05, 4.69) is 39.0 Å². The van der Waals surface area contributed by atoms with Crippen LogP contribution in [0.3, 0.4) is 0 Å². The fourth-order valence-corrected chi connectivity index (χ4v) is 2.87. The molecule has 1 aliphatic rings. The zero-order chi connectivity index (χ0) is 12.3. The lowest BCUT2D eigenvalue weighted by molar-refractivity contribution is 0.161. The SMILES string of the molecule is COCC1CCN(c2ccc(CN)c(Br)c2)C1. The Hall–Kier alpha value is -0.580. The van der Waals surface area contributed by atoms with Crippen LogP contribution in [0, 0.1) is 5.92 Å². The van der Waals surface area contributed by atoms with Crippen molar-refractivity contribution in [2.24, 2.45) is 11.7 Å². The monoisotopic (exact) mass is 298 g/mol. The Labute approximate surface area is 111 Å². The lowest BCUT2D eigenvalue weighted by Crippen LogP contribution is -2.21. The molecule has 1 fully saturated rings. The summed E-state index contributed by atoms with van der Waals surface area (Å²) in [7, 11) is 1.77. The lowest BCUT2D eigenvalue weighted by Gasteiger charge is -2.19. The molecule has 0 bridgehead atoms. The summed E-state index contributed by atoms with van der Waals surface area (Å²) in [5.41, 5.74) is 8.08. The highest BCUT2D eigenvalue weighted by Crippen LogP contribution is 2.28. The molecule has 1 aromatic rings. The number of rotatable bonds is 4. The first-order chi connectivity index (χ1) is 8.24. The number of methoxy groups -OCH3 is 1. The summed E-state index contributed by atoms with van der Waals surface area (Å²) < 4.78 is 6.32. The second-order valence-corrected chi connectivity index (χ2v) is 5.39. The molecule has 4 heteroatoms. The first kappa shape index (κ1) is 12.9. The highest BCUT2D eigenvalue weighted by molar-refractivity contribution is 9.10. The molecule has 1 atom stereocenters. The van der Waals surface area contributed by atoms with Gasteiger partial charge in [-0.05, 0) is 24.1 Å². The zero-order valence-corrected chi connectivity index (χ0v) is 11.7. The highest BCUT2D eigenvalue weighted by Gasteiger charge is 2.22. The minimum Gasteiger partial charge on any atom is -0.384 e. The summed E-state index contributed by atoms with van der Waals surface area (Å²) in [5, 5.41) is 0. The van der Waals surface area contributed by atoms with E-state index in [4.69, 9.17) is 10.5 Å². The first-order valence-corrected chi connectivity index (χ1v) is 6.76. The molecule has 2 N–H and O–H groups in total. The summed E-state index contributed by atoms with van der Waals surface area (Å²) in [4.78, 5) is 2.41. The fourth-order valence-electron chi connectivity index (χ4n) is 2.34. The summed E-state index contributed by atoms with van der Waals surface area (Å²) in [5.74, 6) is 0.660. The van der Waals surface area contributed by atoms with Crippen LogP contribution >= 0.6 is 15.9 Å². The smallest absolute Gasteiger partial charge is 0.0508 e. The largest absolute Gasteiger partial charge is 0.384 e. The number of hydrogen-bond acceptors (Lipinski definition) is 3. The van der Waals surface area contributed by atoms with Crippen LogP contribution in [-0.4, -0.2) is 26.8 Å². The molecule has 0 aliphatic carbocycles. The van der Waals surface area contributed by atoms with E-state index in [1.54, 1.807) is 7.11 Å². The standard InChI is InChI=1S/C13H19BrN2O/c1-17-9-10-4-5-16(8-10)12-3-2-11(7-15)13(14)6-12/h2-3,6,10H,4-5,7-9,15H2,1H3. The van der Waals surface area contributed by atoms with Gasteiger partial charge in [0.05, 0.1) is 6.61 Å². The predicted molar refractivity (Wildman–Crippen MR) is 74.2 cm³/mol. The molecule has 1 aromatic carbocycles. The number of benzene rings is 1. The summed E-state index contributed by atoms with van der Waals surface area (Å²) in [6.45, 7) is 3.64. The molecule has 0 saturated carbocycles. The Morgan fingerprint density at radius 2 is 2.35 bits per heavy atom. The summed E-state index contributed by atoms with van der Waals surface area (Å²) >= 11 is 3.57. The van der Waals surface area contributed by atoms with Gasteiger partial charge in [-0.25, -0.2) is 0 Å². The van der Waals surface area contributed by atoms with Gasteiger partial charge in [0.2, 0.25) is 0 Å². The second kappa shape index (κ2) is 5.85. The van der Waals surface area contributed by atoms with Crippen molar-refractivity contribution in [3.8, 4) is 0 Å². The Morgan fingerprint density at radius 1 is 1.53 bits per heavy atom. The van der Waals surface area contributed by atoms with Crippen molar-refractivity contribution in [3.63, 3.8) is 0 Å². The van der Waals surface area contributed by atoms with Gasteiger partial charge in [-0.3, -0.25) is 0 Å². The third-order valence-electron chi connectivity index (χ3n) is 3.31. The van der Waals surface area contributed by atoms with Crippen LogP contribution in [0.1, 0.15) is 12.0 Å². The van der Waals surface area contributed by atoms with Crippen LogP contribution in [-0.2, 0) is 11.3 Å². The molecule has 0 amide bonds. The van der Waals surface area contributed by atoms with Crippen molar-refractivity contribution < 1.29 is 4.74 Å². The van der Waals surface area contributed by atoms with E-state index in [1.165, 1.54) is 12.1 Å². The number of hydrogen-bond donors (Lipinski definition) is 1. The van der Waals surface area contributed by atoms with Gasteiger partial charge in [0.25, 0.3) is 0 Å². The zero-order valence-electron chi connectivity index (χ0n) is 10.2. The van der Waals surface area contributed by atoms with E-state index < -0.39 is 0 Å². The third-order valence-corrected chi connectivity index (χ3v) is 4.05. The van der Waals surface area contributed by atoms with Crippen LogP contribution in [0.2, 0.25) is 0 Å². The predicted octanol–water partition coefficient (Wildman–Crippen LogP) is 2.38. The molecule has 1 heterocycles. The molecule has 94 valence electrons. The molecular weight excluding hydrogens is 280 g/mol. The maximum Gasteiger partial charge on any atom is 0.0508 e. The Morgan fingerprint density at radius 3 is 3.00 bits per heavy atom. The number of nitrogens with zero attached hydrogens (tertiary/aromatic N) is 1. The topological polar surface area (TPSA) is 38.5 Å². The Bertz CT molecular complexity index is 384. The molecule has 2 rings (SSSR count). The number of anilines is 1. The van der Waals surface area contributed by atoms with E-state index >= 15 is 0 Å².